The number of rotatable bonds is 6. The molecule has 0 amide bonds. The summed E-state index contributed by atoms with van der Waals surface area (Å²) in [5.74, 6) is 0.938. The van der Waals surface area contributed by atoms with Gasteiger partial charge in [0.1, 0.15) is 5.75 Å². The second-order valence-electron chi connectivity index (χ2n) is 6.10. The molecule has 0 radical (unpaired) electrons. The SMILES string of the molecule is CCCOc1ccc(C(N)C2(N(C)C)CCCC2)cc1. The van der Waals surface area contributed by atoms with Crippen LogP contribution in [-0.4, -0.2) is 31.1 Å². The van der Waals surface area contributed by atoms with Crippen molar-refractivity contribution in [2.75, 3.05) is 20.7 Å². The number of hydrogen-bond donors (Lipinski definition) is 1. The Bertz CT molecular complexity index is 408. The highest BCUT2D eigenvalue weighted by Crippen LogP contribution is 2.42. The van der Waals surface area contributed by atoms with E-state index >= 15 is 0 Å². The molecule has 0 aliphatic heterocycles. The third-order valence-electron chi connectivity index (χ3n) is 4.65. The maximum absolute atomic E-state index is 6.60. The molecule has 0 aromatic heterocycles. The van der Waals surface area contributed by atoms with Crippen LogP contribution in [0.15, 0.2) is 24.3 Å². The van der Waals surface area contributed by atoms with Gasteiger partial charge in [-0.2, -0.15) is 0 Å². The van der Waals surface area contributed by atoms with Crippen molar-refractivity contribution in [1.82, 2.24) is 4.90 Å². The summed E-state index contributed by atoms with van der Waals surface area (Å²) in [5.41, 5.74) is 7.93. The minimum Gasteiger partial charge on any atom is -0.494 e. The molecule has 2 N–H and O–H groups in total. The van der Waals surface area contributed by atoms with E-state index in [0.29, 0.717) is 0 Å². The van der Waals surface area contributed by atoms with E-state index in [9.17, 15) is 0 Å². The molecule has 1 aromatic rings. The molecule has 1 aromatic carbocycles. The number of ether oxygens (including phenoxy) is 1. The zero-order valence-electron chi connectivity index (χ0n) is 13.1. The van der Waals surface area contributed by atoms with E-state index in [4.69, 9.17) is 10.5 Å². The van der Waals surface area contributed by atoms with Crippen LogP contribution in [0.25, 0.3) is 0 Å². The Morgan fingerprint density at radius 3 is 2.30 bits per heavy atom. The number of likely N-dealkylation sites (N-methyl/N-ethyl adjacent to an activating group) is 1. The summed E-state index contributed by atoms with van der Waals surface area (Å²) in [6, 6.07) is 8.41. The highest BCUT2D eigenvalue weighted by molar-refractivity contribution is 5.31. The van der Waals surface area contributed by atoms with E-state index in [1.807, 2.05) is 12.1 Å². The van der Waals surface area contributed by atoms with E-state index in [-0.39, 0.29) is 11.6 Å². The van der Waals surface area contributed by atoms with Crippen LogP contribution in [0.1, 0.15) is 50.6 Å². The van der Waals surface area contributed by atoms with Crippen molar-refractivity contribution < 1.29 is 4.74 Å². The average Bonchev–Trinajstić information content (AvgIpc) is 2.96. The highest BCUT2D eigenvalue weighted by Gasteiger charge is 2.41. The maximum Gasteiger partial charge on any atom is 0.119 e. The summed E-state index contributed by atoms with van der Waals surface area (Å²) in [7, 11) is 4.31. The summed E-state index contributed by atoms with van der Waals surface area (Å²) < 4.78 is 5.64. The molecule has 0 bridgehead atoms. The second-order valence-corrected chi connectivity index (χ2v) is 6.10. The Labute approximate surface area is 123 Å². The fraction of sp³-hybridized carbons (Fsp3) is 0.647. The molecule has 0 saturated heterocycles. The predicted molar refractivity (Wildman–Crippen MR) is 84.0 cm³/mol. The van der Waals surface area contributed by atoms with Crippen molar-refractivity contribution in [2.24, 2.45) is 5.73 Å². The van der Waals surface area contributed by atoms with Gasteiger partial charge in [0, 0.05) is 11.6 Å². The Morgan fingerprint density at radius 1 is 1.20 bits per heavy atom. The molecule has 0 heterocycles. The largest absolute Gasteiger partial charge is 0.494 e. The quantitative estimate of drug-likeness (QED) is 0.866. The lowest BCUT2D eigenvalue weighted by Crippen LogP contribution is -2.50. The Balaban J connectivity index is 2.13. The molecule has 1 unspecified atom stereocenters. The zero-order valence-corrected chi connectivity index (χ0v) is 13.1. The summed E-state index contributed by atoms with van der Waals surface area (Å²) in [4.78, 5) is 2.33. The second kappa shape index (κ2) is 6.59. The van der Waals surface area contributed by atoms with Gasteiger partial charge in [-0.15, -0.1) is 0 Å². The van der Waals surface area contributed by atoms with Gasteiger partial charge >= 0.3 is 0 Å². The van der Waals surface area contributed by atoms with Crippen molar-refractivity contribution >= 4 is 0 Å². The van der Waals surface area contributed by atoms with Crippen LogP contribution in [0.5, 0.6) is 5.75 Å². The van der Waals surface area contributed by atoms with E-state index in [2.05, 4.69) is 38.1 Å². The van der Waals surface area contributed by atoms with E-state index in [1.54, 1.807) is 0 Å². The fourth-order valence-corrected chi connectivity index (χ4v) is 3.33. The van der Waals surface area contributed by atoms with Gasteiger partial charge in [0.05, 0.1) is 6.61 Å². The van der Waals surface area contributed by atoms with E-state index in [0.717, 1.165) is 18.8 Å². The molecule has 3 nitrogen and oxygen atoms in total. The van der Waals surface area contributed by atoms with Crippen LogP contribution >= 0.6 is 0 Å². The maximum atomic E-state index is 6.60. The molecule has 1 saturated carbocycles. The Kier molecular flexibility index (Phi) is 5.06. The lowest BCUT2D eigenvalue weighted by atomic mass is 9.83. The molecule has 3 heteroatoms. The minimum absolute atomic E-state index is 0.0697. The number of nitrogens with zero attached hydrogens (tertiary/aromatic N) is 1. The Morgan fingerprint density at radius 2 is 1.80 bits per heavy atom. The molecule has 1 atom stereocenters. The molecule has 0 spiro atoms. The summed E-state index contributed by atoms with van der Waals surface area (Å²) in [6.07, 6.45) is 5.97. The standard InChI is InChI=1S/C17H28N2O/c1-4-13-20-15-9-7-14(8-10-15)16(18)17(19(2)3)11-5-6-12-17/h7-10,16H,4-6,11-13,18H2,1-3H3. The lowest BCUT2D eigenvalue weighted by Gasteiger charge is -2.41. The van der Waals surface area contributed by atoms with Crippen molar-refractivity contribution in [3.8, 4) is 5.75 Å². The smallest absolute Gasteiger partial charge is 0.119 e. The third-order valence-corrected chi connectivity index (χ3v) is 4.65. The summed E-state index contributed by atoms with van der Waals surface area (Å²) in [6.45, 7) is 2.89. The monoisotopic (exact) mass is 276 g/mol. The highest BCUT2D eigenvalue weighted by atomic mass is 16.5. The van der Waals surface area contributed by atoms with Gasteiger partial charge in [-0.25, -0.2) is 0 Å². The molecule has 112 valence electrons. The summed E-state index contributed by atoms with van der Waals surface area (Å²) in [5, 5.41) is 0. The molecule has 1 aliphatic carbocycles. The first-order valence-corrected chi connectivity index (χ1v) is 7.76. The van der Waals surface area contributed by atoms with Crippen LogP contribution in [-0.2, 0) is 0 Å². The van der Waals surface area contributed by atoms with Gasteiger partial charge in [-0.3, -0.25) is 0 Å². The normalized spacial score (nSPS) is 19.2. The predicted octanol–water partition coefficient (Wildman–Crippen LogP) is 3.35. The first kappa shape index (κ1) is 15.3. The molecule has 20 heavy (non-hydrogen) atoms. The van der Waals surface area contributed by atoms with Gasteiger partial charge in [0.25, 0.3) is 0 Å². The third kappa shape index (κ3) is 2.99. The molecule has 1 aliphatic rings. The van der Waals surface area contributed by atoms with Crippen LogP contribution in [0.3, 0.4) is 0 Å². The van der Waals surface area contributed by atoms with Crippen molar-refractivity contribution in [3.05, 3.63) is 29.8 Å². The topological polar surface area (TPSA) is 38.5 Å². The van der Waals surface area contributed by atoms with Crippen molar-refractivity contribution in [1.29, 1.82) is 0 Å². The van der Waals surface area contributed by atoms with Gasteiger partial charge in [0.2, 0.25) is 0 Å². The lowest BCUT2D eigenvalue weighted by molar-refractivity contribution is 0.123. The van der Waals surface area contributed by atoms with Crippen LogP contribution < -0.4 is 10.5 Å². The first-order chi connectivity index (χ1) is 9.60. The number of hydrogen-bond acceptors (Lipinski definition) is 3. The van der Waals surface area contributed by atoms with E-state index in [1.165, 1.54) is 31.2 Å². The number of nitrogens with two attached hydrogens (primary N) is 1. The van der Waals surface area contributed by atoms with E-state index < -0.39 is 0 Å². The molecule has 2 rings (SSSR count). The molecular formula is C17H28N2O. The summed E-state index contributed by atoms with van der Waals surface area (Å²) >= 11 is 0. The van der Waals surface area contributed by atoms with Gasteiger partial charge < -0.3 is 15.4 Å². The first-order valence-electron chi connectivity index (χ1n) is 7.76. The Hall–Kier alpha value is -1.06. The van der Waals surface area contributed by atoms with Crippen LogP contribution in [0, 0.1) is 0 Å². The fourth-order valence-electron chi connectivity index (χ4n) is 3.33. The number of benzene rings is 1. The van der Waals surface area contributed by atoms with Gasteiger partial charge in [-0.05, 0) is 51.1 Å². The van der Waals surface area contributed by atoms with Gasteiger partial charge in [0.15, 0.2) is 0 Å². The van der Waals surface area contributed by atoms with Crippen molar-refractivity contribution in [2.45, 2.75) is 50.6 Å². The van der Waals surface area contributed by atoms with Crippen LogP contribution in [0.4, 0.5) is 0 Å². The molecule has 1 fully saturated rings. The van der Waals surface area contributed by atoms with Gasteiger partial charge in [-0.1, -0.05) is 31.9 Å². The zero-order chi connectivity index (χ0) is 14.6. The minimum atomic E-state index is 0.0697. The van der Waals surface area contributed by atoms with Crippen molar-refractivity contribution in [3.63, 3.8) is 0 Å². The molecular weight excluding hydrogens is 248 g/mol. The average molecular weight is 276 g/mol. The van der Waals surface area contributed by atoms with Crippen LogP contribution in [0.2, 0.25) is 0 Å².